The van der Waals surface area contributed by atoms with E-state index < -0.39 is 0 Å². The van der Waals surface area contributed by atoms with Gasteiger partial charge in [-0.25, -0.2) is 0 Å². The fourth-order valence-electron chi connectivity index (χ4n) is 3.66. The van der Waals surface area contributed by atoms with E-state index in [9.17, 15) is 0 Å². The predicted molar refractivity (Wildman–Crippen MR) is 78.1 cm³/mol. The summed E-state index contributed by atoms with van der Waals surface area (Å²) in [6, 6.07) is 2.17. The first-order valence-electron chi connectivity index (χ1n) is 7.64. The standard InChI is InChI=1S/C16H25N3/c1-14-11-17-8-5-15(14)12-19-10-9-18-16(13-19)6-3-2-4-7-16/h5,8,11,18H,2-4,6-7,9-10,12-13H2,1H3. The van der Waals surface area contributed by atoms with Gasteiger partial charge in [-0.05, 0) is 37.0 Å². The molecule has 1 aromatic rings. The van der Waals surface area contributed by atoms with Gasteiger partial charge in [0.1, 0.15) is 0 Å². The van der Waals surface area contributed by atoms with E-state index in [1.165, 1.54) is 56.3 Å². The van der Waals surface area contributed by atoms with Crippen LogP contribution in [0.15, 0.2) is 18.5 Å². The molecule has 0 amide bonds. The topological polar surface area (TPSA) is 28.2 Å². The van der Waals surface area contributed by atoms with Gasteiger partial charge in [-0.3, -0.25) is 9.88 Å². The van der Waals surface area contributed by atoms with Gasteiger partial charge in [-0.2, -0.15) is 0 Å². The maximum atomic E-state index is 4.19. The van der Waals surface area contributed by atoms with Gasteiger partial charge in [-0.1, -0.05) is 19.3 Å². The Morgan fingerprint density at radius 3 is 2.95 bits per heavy atom. The van der Waals surface area contributed by atoms with E-state index in [2.05, 4.69) is 28.2 Å². The molecular weight excluding hydrogens is 234 g/mol. The molecule has 3 rings (SSSR count). The van der Waals surface area contributed by atoms with E-state index in [1.54, 1.807) is 0 Å². The largest absolute Gasteiger partial charge is 0.309 e. The van der Waals surface area contributed by atoms with E-state index in [0.29, 0.717) is 5.54 Å². The normalized spacial score (nSPS) is 23.6. The van der Waals surface area contributed by atoms with Crippen LogP contribution in [0.2, 0.25) is 0 Å². The number of hydrogen-bond donors (Lipinski definition) is 1. The van der Waals surface area contributed by atoms with Crippen molar-refractivity contribution in [3.63, 3.8) is 0 Å². The maximum Gasteiger partial charge on any atom is 0.0309 e. The summed E-state index contributed by atoms with van der Waals surface area (Å²) in [6.45, 7) is 6.78. The summed E-state index contributed by atoms with van der Waals surface area (Å²) < 4.78 is 0. The van der Waals surface area contributed by atoms with Crippen molar-refractivity contribution >= 4 is 0 Å². The second-order valence-corrected chi connectivity index (χ2v) is 6.28. The van der Waals surface area contributed by atoms with Gasteiger partial charge in [0.05, 0.1) is 0 Å². The smallest absolute Gasteiger partial charge is 0.0309 e. The minimum atomic E-state index is 0.414. The van der Waals surface area contributed by atoms with Gasteiger partial charge in [0, 0.05) is 44.1 Å². The van der Waals surface area contributed by atoms with Crippen molar-refractivity contribution in [3.8, 4) is 0 Å². The highest BCUT2D eigenvalue weighted by molar-refractivity contribution is 5.21. The fraction of sp³-hybridized carbons (Fsp3) is 0.688. The van der Waals surface area contributed by atoms with Crippen molar-refractivity contribution in [3.05, 3.63) is 29.6 Å². The molecule has 2 fully saturated rings. The monoisotopic (exact) mass is 259 g/mol. The number of nitrogens with one attached hydrogen (secondary N) is 1. The molecule has 0 bridgehead atoms. The lowest BCUT2D eigenvalue weighted by atomic mass is 9.80. The Morgan fingerprint density at radius 1 is 1.32 bits per heavy atom. The highest BCUT2D eigenvalue weighted by Gasteiger charge is 2.35. The van der Waals surface area contributed by atoms with Gasteiger partial charge in [0.2, 0.25) is 0 Å². The van der Waals surface area contributed by atoms with E-state index in [-0.39, 0.29) is 0 Å². The molecule has 3 nitrogen and oxygen atoms in total. The Hall–Kier alpha value is -0.930. The van der Waals surface area contributed by atoms with Crippen molar-refractivity contribution in [2.24, 2.45) is 0 Å². The molecular formula is C16H25N3. The third-order valence-corrected chi connectivity index (χ3v) is 4.80. The Bertz CT molecular complexity index is 418. The number of nitrogens with zero attached hydrogens (tertiary/aromatic N) is 2. The molecule has 1 aromatic heterocycles. The highest BCUT2D eigenvalue weighted by Crippen LogP contribution is 2.31. The SMILES string of the molecule is Cc1cnccc1CN1CCNC2(CCCCC2)C1. The molecule has 1 saturated heterocycles. The first-order valence-corrected chi connectivity index (χ1v) is 7.64. The zero-order chi connectivity index (χ0) is 13.1. The Balaban J connectivity index is 1.67. The number of aryl methyl sites for hydroxylation is 1. The van der Waals surface area contributed by atoms with Crippen LogP contribution in [0.25, 0.3) is 0 Å². The molecule has 1 spiro atoms. The van der Waals surface area contributed by atoms with Crippen molar-refractivity contribution in [2.45, 2.75) is 51.1 Å². The molecule has 3 heteroatoms. The second kappa shape index (κ2) is 5.59. The Kier molecular flexibility index (Phi) is 3.85. The van der Waals surface area contributed by atoms with Crippen LogP contribution in [0.3, 0.4) is 0 Å². The van der Waals surface area contributed by atoms with Crippen molar-refractivity contribution in [2.75, 3.05) is 19.6 Å². The summed E-state index contributed by atoms with van der Waals surface area (Å²) in [5, 5.41) is 3.81. The van der Waals surface area contributed by atoms with Crippen LogP contribution in [0.1, 0.15) is 43.2 Å². The summed E-state index contributed by atoms with van der Waals surface area (Å²) in [5.74, 6) is 0. The average molecular weight is 259 g/mol. The molecule has 2 aliphatic rings. The molecule has 0 aromatic carbocycles. The summed E-state index contributed by atoms with van der Waals surface area (Å²) in [7, 11) is 0. The van der Waals surface area contributed by atoms with E-state index >= 15 is 0 Å². The van der Waals surface area contributed by atoms with Gasteiger partial charge in [-0.15, -0.1) is 0 Å². The van der Waals surface area contributed by atoms with Crippen LogP contribution in [0, 0.1) is 6.92 Å². The molecule has 104 valence electrons. The molecule has 2 heterocycles. The van der Waals surface area contributed by atoms with Gasteiger partial charge in [0.15, 0.2) is 0 Å². The molecule has 0 unspecified atom stereocenters. The van der Waals surface area contributed by atoms with Crippen LogP contribution in [-0.4, -0.2) is 35.1 Å². The van der Waals surface area contributed by atoms with Crippen molar-refractivity contribution < 1.29 is 0 Å². The first-order chi connectivity index (χ1) is 9.27. The van der Waals surface area contributed by atoms with Crippen molar-refractivity contribution in [1.29, 1.82) is 0 Å². The quantitative estimate of drug-likeness (QED) is 0.884. The molecule has 1 aliphatic heterocycles. The van der Waals surface area contributed by atoms with Gasteiger partial charge < -0.3 is 5.32 Å². The molecule has 1 aliphatic carbocycles. The number of pyridine rings is 1. The third-order valence-electron chi connectivity index (χ3n) is 4.80. The van der Waals surface area contributed by atoms with Crippen molar-refractivity contribution in [1.82, 2.24) is 15.2 Å². The Morgan fingerprint density at radius 2 is 2.16 bits per heavy atom. The number of hydrogen-bond acceptors (Lipinski definition) is 3. The van der Waals surface area contributed by atoms with Gasteiger partial charge in [0.25, 0.3) is 0 Å². The third kappa shape index (κ3) is 2.98. The first kappa shape index (κ1) is 13.1. The summed E-state index contributed by atoms with van der Waals surface area (Å²) in [5.41, 5.74) is 3.17. The Labute approximate surface area is 116 Å². The lowest BCUT2D eigenvalue weighted by molar-refractivity contribution is 0.0943. The van der Waals surface area contributed by atoms with E-state index in [4.69, 9.17) is 0 Å². The summed E-state index contributed by atoms with van der Waals surface area (Å²) in [4.78, 5) is 6.82. The molecule has 19 heavy (non-hydrogen) atoms. The molecule has 0 radical (unpaired) electrons. The lowest BCUT2D eigenvalue weighted by Gasteiger charge is -2.46. The lowest BCUT2D eigenvalue weighted by Crippen LogP contribution is -2.60. The van der Waals surface area contributed by atoms with Crippen LogP contribution >= 0.6 is 0 Å². The fourth-order valence-corrected chi connectivity index (χ4v) is 3.66. The summed E-state index contributed by atoms with van der Waals surface area (Å²) in [6.07, 6.45) is 10.8. The number of rotatable bonds is 2. The van der Waals surface area contributed by atoms with E-state index in [0.717, 1.165) is 13.1 Å². The molecule has 1 N–H and O–H groups in total. The van der Waals surface area contributed by atoms with Crippen LogP contribution in [-0.2, 0) is 6.54 Å². The van der Waals surface area contributed by atoms with Crippen LogP contribution in [0.4, 0.5) is 0 Å². The highest BCUT2D eigenvalue weighted by atomic mass is 15.2. The molecule has 1 saturated carbocycles. The van der Waals surface area contributed by atoms with E-state index in [1.807, 2.05) is 12.4 Å². The van der Waals surface area contributed by atoms with Crippen LogP contribution in [0.5, 0.6) is 0 Å². The minimum absolute atomic E-state index is 0.414. The predicted octanol–water partition coefficient (Wildman–Crippen LogP) is 2.50. The summed E-state index contributed by atoms with van der Waals surface area (Å²) >= 11 is 0. The zero-order valence-corrected chi connectivity index (χ0v) is 12.0. The second-order valence-electron chi connectivity index (χ2n) is 6.28. The number of aromatic nitrogens is 1. The minimum Gasteiger partial charge on any atom is -0.309 e. The van der Waals surface area contributed by atoms with Crippen LogP contribution < -0.4 is 5.32 Å². The zero-order valence-electron chi connectivity index (χ0n) is 12.0. The number of piperazine rings is 1. The molecule has 0 atom stereocenters. The average Bonchev–Trinajstić information content (AvgIpc) is 2.42. The van der Waals surface area contributed by atoms with Gasteiger partial charge >= 0.3 is 0 Å². The maximum absolute atomic E-state index is 4.19.